The molecule has 0 bridgehead atoms. The second-order valence-electron chi connectivity index (χ2n) is 5.19. The molecule has 0 aromatic heterocycles. The Labute approximate surface area is 116 Å². The first kappa shape index (κ1) is 12.7. The molecular weight excluding hydrogens is 258 g/mol. The molecule has 0 atom stereocenters. The molecule has 1 aliphatic carbocycles. The number of hydrogen-bond donors (Lipinski definition) is 2. The molecule has 1 fully saturated rings. The van der Waals surface area contributed by atoms with Crippen molar-refractivity contribution in [2.75, 3.05) is 6.61 Å². The number of carbonyl (C=O) groups excluding carboxylic acids is 1. The van der Waals surface area contributed by atoms with Crippen molar-refractivity contribution < 1.29 is 19.4 Å². The number of aliphatic carboxylic acids is 1. The Hall–Kier alpha value is -2.30. The van der Waals surface area contributed by atoms with E-state index in [-0.39, 0.29) is 12.5 Å². The van der Waals surface area contributed by atoms with E-state index in [0.29, 0.717) is 18.4 Å². The van der Waals surface area contributed by atoms with Crippen LogP contribution < -0.4 is 10.1 Å². The Bertz CT molecular complexity index is 602. The van der Waals surface area contributed by atoms with Gasteiger partial charge in [0.1, 0.15) is 17.9 Å². The Morgan fingerprint density at radius 2 is 2.00 bits per heavy atom. The van der Waals surface area contributed by atoms with E-state index in [4.69, 9.17) is 4.74 Å². The number of para-hydroxylation sites is 1. The van der Waals surface area contributed by atoms with Crippen LogP contribution in [0.4, 0.5) is 0 Å². The summed E-state index contributed by atoms with van der Waals surface area (Å²) in [6.07, 6.45) is 3.55. The maximum absolute atomic E-state index is 12.2. The number of hydrogen-bond acceptors (Lipinski definition) is 3. The monoisotopic (exact) mass is 273 g/mol. The molecule has 5 nitrogen and oxygen atoms in total. The number of nitrogens with one attached hydrogen (secondary N) is 1. The van der Waals surface area contributed by atoms with Gasteiger partial charge in [0.15, 0.2) is 0 Å². The van der Waals surface area contributed by atoms with Gasteiger partial charge in [-0.15, -0.1) is 0 Å². The fourth-order valence-electron chi connectivity index (χ4n) is 2.47. The summed E-state index contributed by atoms with van der Waals surface area (Å²) in [6.45, 7) is 0.165. The predicted octanol–water partition coefficient (Wildman–Crippen LogP) is 1.59. The number of ether oxygens (including phenoxy) is 1. The molecule has 1 saturated carbocycles. The fourth-order valence-corrected chi connectivity index (χ4v) is 2.47. The van der Waals surface area contributed by atoms with Gasteiger partial charge in [-0.25, -0.2) is 4.79 Å². The largest absolute Gasteiger partial charge is 0.488 e. The highest BCUT2D eigenvalue weighted by Gasteiger charge is 2.46. The van der Waals surface area contributed by atoms with Crippen LogP contribution in [0.25, 0.3) is 6.08 Å². The van der Waals surface area contributed by atoms with Crippen LogP contribution in [0.15, 0.2) is 29.8 Å². The van der Waals surface area contributed by atoms with Gasteiger partial charge >= 0.3 is 5.97 Å². The van der Waals surface area contributed by atoms with Gasteiger partial charge in [0, 0.05) is 5.56 Å². The maximum atomic E-state index is 12.2. The zero-order valence-corrected chi connectivity index (χ0v) is 10.9. The van der Waals surface area contributed by atoms with Gasteiger partial charge in [-0.05, 0) is 31.4 Å². The molecule has 2 aliphatic rings. The highest BCUT2D eigenvalue weighted by Crippen LogP contribution is 2.33. The third-order valence-electron chi connectivity index (χ3n) is 3.89. The summed E-state index contributed by atoms with van der Waals surface area (Å²) in [5.74, 6) is -0.586. The van der Waals surface area contributed by atoms with Gasteiger partial charge in [0.25, 0.3) is 5.91 Å². The summed E-state index contributed by atoms with van der Waals surface area (Å²) in [7, 11) is 0. The molecule has 104 valence electrons. The van der Waals surface area contributed by atoms with E-state index in [1.54, 1.807) is 6.08 Å². The summed E-state index contributed by atoms with van der Waals surface area (Å²) in [4.78, 5) is 23.5. The van der Waals surface area contributed by atoms with Crippen LogP contribution in [-0.4, -0.2) is 29.1 Å². The van der Waals surface area contributed by atoms with Crippen LogP contribution in [0, 0.1) is 0 Å². The second-order valence-corrected chi connectivity index (χ2v) is 5.19. The first-order valence-electron chi connectivity index (χ1n) is 6.59. The van der Waals surface area contributed by atoms with Gasteiger partial charge in [0.2, 0.25) is 0 Å². The molecule has 0 radical (unpaired) electrons. The van der Waals surface area contributed by atoms with Crippen LogP contribution in [0.2, 0.25) is 0 Å². The second kappa shape index (κ2) is 4.67. The molecular formula is C15H15NO4. The standard InChI is InChI=1S/C15H15NO4/c17-13(16-15(14(18)19)6-3-7-15)11-8-10-4-1-2-5-12(10)20-9-11/h1-2,4-5,8H,3,6-7,9H2,(H,16,17)(H,18,19). The predicted molar refractivity (Wildman–Crippen MR) is 72.3 cm³/mol. The number of carbonyl (C=O) groups is 2. The molecule has 1 amide bonds. The lowest BCUT2D eigenvalue weighted by atomic mass is 9.76. The first-order chi connectivity index (χ1) is 9.61. The molecule has 0 unspecified atom stereocenters. The first-order valence-corrected chi connectivity index (χ1v) is 6.59. The van der Waals surface area contributed by atoms with Crippen molar-refractivity contribution in [1.82, 2.24) is 5.32 Å². The number of carboxylic acids is 1. The minimum absolute atomic E-state index is 0.165. The van der Waals surface area contributed by atoms with Gasteiger partial charge in [-0.2, -0.15) is 0 Å². The number of carboxylic acid groups (broad SMARTS) is 1. The topological polar surface area (TPSA) is 75.6 Å². The van der Waals surface area contributed by atoms with Crippen molar-refractivity contribution >= 4 is 18.0 Å². The fraction of sp³-hybridized carbons (Fsp3) is 0.333. The van der Waals surface area contributed by atoms with Crippen molar-refractivity contribution in [3.05, 3.63) is 35.4 Å². The summed E-state index contributed by atoms with van der Waals surface area (Å²) < 4.78 is 5.51. The van der Waals surface area contributed by atoms with Crippen LogP contribution >= 0.6 is 0 Å². The lowest BCUT2D eigenvalue weighted by molar-refractivity contribution is -0.151. The third-order valence-corrected chi connectivity index (χ3v) is 3.89. The van der Waals surface area contributed by atoms with Crippen molar-refractivity contribution in [3.8, 4) is 5.75 Å². The van der Waals surface area contributed by atoms with Gasteiger partial charge in [-0.1, -0.05) is 18.2 Å². The lowest BCUT2D eigenvalue weighted by Crippen LogP contribution is -2.59. The number of rotatable bonds is 3. The van der Waals surface area contributed by atoms with E-state index >= 15 is 0 Å². The van der Waals surface area contributed by atoms with E-state index in [9.17, 15) is 14.7 Å². The van der Waals surface area contributed by atoms with Crippen LogP contribution in [-0.2, 0) is 9.59 Å². The highest BCUT2D eigenvalue weighted by atomic mass is 16.5. The van der Waals surface area contributed by atoms with Crippen molar-refractivity contribution in [2.24, 2.45) is 0 Å². The summed E-state index contributed by atoms with van der Waals surface area (Å²) in [6, 6.07) is 7.43. The number of amides is 1. The van der Waals surface area contributed by atoms with E-state index < -0.39 is 11.5 Å². The molecule has 1 heterocycles. The Morgan fingerprint density at radius 3 is 2.65 bits per heavy atom. The molecule has 1 aromatic carbocycles. The van der Waals surface area contributed by atoms with Gasteiger partial charge in [-0.3, -0.25) is 4.79 Å². The normalized spacial score (nSPS) is 18.9. The highest BCUT2D eigenvalue weighted by molar-refractivity contribution is 6.01. The van der Waals surface area contributed by atoms with E-state index in [1.807, 2.05) is 24.3 Å². The molecule has 2 N–H and O–H groups in total. The number of fused-ring (bicyclic) bond motifs is 1. The zero-order valence-electron chi connectivity index (χ0n) is 10.9. The van der Waals surface area contributed by atoms with Crippen molar-refractivity contribution in [2.45, 2.75) is 24.8 Å². The third kappa shape index (κ3) is 2.05. The maximum Gasteiger partial charge on any atom is 0.329 e. The molecule has 3 rings (SSSR count). The molecule has 5 heteroatoms. The van der Waals surface area contributed by atoms with Crippen molar-refractivity contribution in [1.29, 1.82) is 0 Å². The number of benzene rings is 1. The smallest absolute Gasteiger partial charge is 0.329 e. The molecule has 1 aromatic rings. The summed E-state index contributed by atoms with van der Waals surface area (Å²) in [5.41, 5.74) is 0.202. The van der Waals surface area contributed by atoms with Crippen molar-refractivity contribution in [3.63, 3.8) is 0 Å². The van der Waals surface area contributed by atoms with E-state index in [1.165, 1.54) is 0 Å². The summed E-state index contributed by atoms with van der Waals surface area (Å²) in [5, 5.41) is 11.9. The molecule has 0 saturated heterocycles. The Kier molecular flexibility index (Phi) is 2.97. The average molecular weight is 273 g/mol. The van der Waals surface area contributed by atoms with Gasteiger partial charge in [0.05, 0.1) is 5.57 Å². The van der Waals surface area contributed by atoms with Crippen LogP contribution in [0.1, 0.15) is 24.8 Å². The summed E-state index contributed by atoms with van der Waals surface area (Å²) >= 11 is 0. The molecule has 0 spiro atoms. The van der Waals surface area contributed by atoms with Gasteiger partial charge < -0.3 is 15.2 Å². The molecule has 20 heavy (non-hydrogen) atoms. The quantitative estimate of drug-likeness (QED) is 0.876. The zero-order chi connectivity index (χ0) is 14.2. The minimum atomic E-state index is -1.09. The lowest BCUT2D eigenvalue weighted by Gasteiger charge is -2.38. The van der Waals surface area contributed by atoms with E-state index in [0.717, 1.165) is 17.7 Å². The molecule has 1 aliphatic heterocycles. The minimum Gasteiger partial charge on any atom is -0.488 e. The van der Waals surface area contributed by atoms with Crippen LogP contribution in [0.3, 0.4) is 0 Å². The Balaban J connectivity index is 1.79. The average Bonchev–Trinajstić information content (AvgIpc) is 2.41. The SMILES string of the molecule is O=C(NC1(C(=O)O)CCC1)C1=Cc2ccccc2OC1. The van der Waals surface area contributed by atoms with Crippen LogP contribution in [0.5, 0.6) is 5.75 Å². The van der Waals surface area contributed by atoms with E-state index in [2.05, 4.69) is 5.32 Å². The Morgan fingerprint density at radius 1 is 1.25 bits per heavy atom.